The topological polar surface area (TPSA) is 18.5 Å². The molecule has 0 aromatic rings. The predicted octanol–water partition coefficient (Wildman–Crippen LogP) is 0.159. The van der Waals surface area contributed by atoms with Gasteiger partial charge in [0.2, 0.25) is 0 Å². The van der Waals surface area contributed by atoms with E-state index in [1.54, 1.807) is 0 Å². The van der Waals surface area contributed by atoms with Crippen LogP contribution in [-0.4, -0.2) is 32.2 Å². The second-order valence-corrected chi connectivity index (χ2v) is 3.81. The van der Waals surface area contributed by atoms with Crippen LogP contribution in [0.25, 0.3) is 0 Å². The highest BCUT2D eigenvalue weighted by Gasteiger charge is 2.56. The van der Waals surface area contributed by atoms with Gasteiger partial charge in [0.25, 0.3) is 0 Å². The van der Waals surface area contributed by atoms with Crippen molar-refractivity contribution in [3.05, 3.63) is 0 Å². The molecule has 3 unspecified atom stereocenters. The minimum Gasteiger partial charge on any atom is -0.375 e. The summed E-state index contributed by atoms with van der Waals surface area (Å²) in [6.45, 7) is 5.23. The van der Waals surface area contributed by atoms with Gasteiger partial charge in [-0.15, -0.1) is 0 Å². The molecule has 2 aliphatic heterocycles. The lowest BCUT2D eigenvalue weighted by Gasteiger charge is -2.29. The second-order valence-electron chi connectivity index (χ2n) is 3.81. The van der Waals surface area contributed by atoms with Crippen LogP contribution in [0.4, 0.5) is 0 Å². The first-order chi connectivity index (χ1) is 5.19. The van der Waals surface area contributed by atoms with Crippen molar-refractivity contribution in [3.8, 4) is 0 Å². The van der Waals surface area contributed by atoms with Crippen molar-refractivity contribution < 1.29 is 9.47 Å². The zero-order chi connectivity index (χ0) is 8.06. The van der Waals surface area contributed by atoms with Gasteiger partial charge in [-0.2, -0.15) is 0 Å². The molecule has 2 fully saturated rings. The summed E-state index contributed by atoms with van der Waals surface area (Å²) in [6, 6.07) is 0.304. The lowest BCUT2D eigenvalue weighted by molar-refractivity contribution is -0.115. The highest BCUT2D eigenvalue weighted by atomic mass is 16.6. The van der Waals surface area contributed by atoms with E-state index < -0.39 is 0 Å². The van der Waals surface area contributed by atoms with E-state index in [4.69, 9.17) is 9.47 Å². The van der Waals surface area contributed by atoms with Gasteiger partial charge >= 0.3 is 0 Å². The Bertz CT molecular complexity index is 173. The number of ether oxygens (including phenoxy) is 2. The van der Waals surface area contributed by atoms with E-state index in [1.807, 2.05) is 0 Å². The maximum atomic E-state index is 5.88. The molecule has 2 saturated heterocycles. The summed E-state index contributed by atoms with van der Waals surface area (Å²) < 4.78 is 11.5. The zero-order valence-corrected chi connectivity index (χ0v) is 7.46. The van der Waals surface area contributed by atoms with Gasteiger partial charge in [0.05, 0.1) is 24.3 Å². The van der Waals surface area contributed by atoms with E-state index in [0.717, 1.165) is 13.0 Å². The molecule has 0 amide bonds. The number of fused-ring (bicyclic) bond motifs is 2. The Hall–Kier alpha value is -0.0151. The van der Waals surface area contributed by atoms with E-state index in [-0.39, 0.29) is 5.60 Å². The van der Waals surface area contributed by atoms with E-state index in [2.05, 4.69) is 21.7 Å². The molecule has 2 bridgehead atoms. The van der Waals surface area contributed by atoms with Gasteiger partial charge in [-0.3, -0.25) is 0 Å². The first-order valence-corrected chi connectivity index (χ1v) is 4.49. The van der Waals surface area contributed by atoms with Crippen LogP contribution in [-0.2, 0) is 9.47 Å². The Labute approximate surface area is 68.7 Å². The normalized spacial score (nSPS) is 55.3. The van der Waals surface area contributed by atoms with Crippen LogP contribution >= 0.6 is 0 Å². The molecule has 2 nitrogen and oxygen atoms in total. The van der Waals surface area contributed by atoms with Crippen LogP contribution in [0.3, 0.4) is 0 Å². The van der Waals surface area contributed by atoms with Crippen LogP contribution in [0.5, 0.6) is 0 Å². The average Bonchev–Trinajstić information content (AvgIpc) is 2.42. The Kier molecular flexibility index (Phi) is 1.55. The fourth-order valence-electron chi connectivity index (χ4n) is 2.44. The molecule has 0 saturated carbocycles. The summed E-state index contributed by atoms with van der Waals surface area (Å²) in [5, 5.41) is 0. The molecule has 0 radical (unpaired) electrons. The van der Waals surface area contributed by atoms with Crippen LogP contribution in [0, 0.1) is 5.92 Å². The molecule has 0 N–H and O–H groups in total. The van der Waals surface area contributed by atoms with Crippen molar-refractivity contribution in [1.82, 2.24) is 0 Å². The fourth-order valence-corrected chi connectivity index (χ4v) is 2.44. The average molecular weight is 154 g/mol. The van der Waals surface area contributed by atoms with Gasteiger partial charge < -0.3 is 9.47 Å². The summed E-state index contributed by atoms with van der Waals surface area (Å²) in [4.78, 5) is 0. The summed E-state index contributed by atoms with van der Waals surface area (Å²) in [5.74, 6) is 0.586. The van der Waals surface area contributed by atoms with Gasteiger partial charge in [0.15, 0.2) is 0 Å². The maximum absolute atomic E-state index is 5.88. The van der Waals surface area contributed by atoms with E-state index in [0.29, 0.717) is 18.0 Å². The van der Waals surface area contributed by atoms with Crippen molar-refractivity contribution in [2.45, 2.75) is 38.0 Å². The van der Waals surface area contributed by atoms with Crippen LogP contribution in [0.2, 0.25) is 0 Å². The molecular formula is C8H15BO2. The van der Waals surface area contributed by atoms with Gasteiger partial charge in [0.1, 0.15) is 7.85 Å². The van der Waals surface area contributed by atoms with Gasteiger partial charge in [-0.05, 0) is 6.42 Å². The molecule has 0 aromatic carbocycles. The Morgan fingerprint density at radius 3 is 2.64 bits per heavy atom. The van der Waals surface area contributed by atoms with E-state index in [9.17, 15) is 0 Å². The molecule has 2 rings (SSSR count). The molecule has 62 valence electrons. The first-order valence-electron chi connectivity index (χ1n) is 4.49. The third kappa shape index (κ3) is 0.813. The van der Waals surface area contributed by atoms with Crippen LogP contribution < -0.4 is 0 Å². The van der Waals surface area contributed by atoms with Gasteiger partial charge in [-0.1, -0.05) is 13.8 Å². The molecule has 0 spiro atoms. The van der Waals surface area contributed by atoms with Crippen molar-refractivity contribution in [1.29, 1.82) is 0 Å². The molecule has 11 heavy (non-hydrogen) atoms. The first kappa shape index (κ1) is 7.62. The SMILES string of the molecule is BC1O[C@@]2(CC)COC1C2C. The van der Waals surface area contributed by atoms with Crippen molar-refractivity contribution in [2.24, 2.45) is 5.92 Å². The largest absolute Gasteiger partial charge is 0.375 e. The lowest BCUT2D eigenvalue weighted by Crippen LogP contribution is -2.37. The molecule has 3 heteroatoms. The Morgan fingerprint density at radius 2 is 2.36 bits per heavy atom. The third-order valence-electron chi connectivity index (χ3n) is 3.32. The molecule has 2 aliphatic rings. The molecular weight excluding hydrogens is 139 g/mol. The molecule has 0 aliphatic carbocycles. The quantitative estimate of drug-likeness (QED) is 0.501. The Morgan fingerprint density at radius 1 is 1.64 bits per heavy atom. The minimum atomic E-state index is 0.0596. The highest BCUT2D eigenvalue weighted by molar-refractivity contribution is 6.11. The van der Waals surface area contributed by atoms with E-state index in [1.165, 1.54) is 0 Å². The summed E-state index contributed by atoms with van der Waals surface area (Å²) in [7, 11) is 2.11. The lowest BCUT2D eigenvalue weighted by atomic mass is 9.85. The summed E-state index contributed by atoms with van der Waals surface area (Å²) in [6.07, 6.45) is 1.43. The van der Waals surface area contributed by atoms with Crippen molar-refractivity contribution >= 4 is 7.85 Å². The number of rotatable bonds is 1. The third-order valence-corrected chi connectivity index (χ3v) is 3.32. The maximum Gasteiger partial charge on any atom is 0.142 e. The minimum absolute atomic E-state index is 0.0596. The zero-order valence-electron chi connectivity index (χ0n) is 7.46. The number of hydrogen-bond acceptors (Lipinski definition) is 2. The predicted molar refractivity (Wildman–Crippen MR) is 45.3 cm³/mol. The second kappa shape index (κ2) is 2.24. The van der Waals surface area contributed by atoms with Gasteiger partial charge in [0, 0.05) is 5.92 Å². The summed E-state index contributed by atoms with van der Waals surface area (Å²) >= 11 is 0. The smallest absolute Gasteiger partial charge is 0.142 e. The Balaban J connectivity index is 2.24. The van der Waals surface area contributed by atoms with E-state index >= 15 is 0 Å². The number of hydrogen-bond donors (Lipinski definition) is 0. The standard InChI is InChI=1S/C8H15BO2/c1-3-8-4-10-6(5(8)2)7(9)11-8/h5-7H,3-4,9H2,1-2H3/t5?,6?,7?,8-/m0/s1. The van der Waals surface area contributed by atoms with Crippen molar-refractivity contribution in [3.63, 3.8) is 0 Å². The monoisotopic (exact) mass is 154 g/mol. The van der Waals surface area contributed by atoms with Crippen molar-refractivity contribution in [2.75, 3.05) is 6.61 Å². The molecule has 4 atom stereocenters. The fraction of sp³-hybridized carbons (Fsp3) is 1.00. The van der Waals surface area contributed by atoms with Crippen LogP contribution in [0.1, 0.15) is 20.3 Å². The highest BCUT2D eigenvalue weighted by Crippen LogP contribution is 2.45. The summed E-state index contributed by atoms with van der Waals surface area (Å²) in [5.41, 5.74) is 0.0596. The van der Waals surface area contributed by atoms with Gasteiger partial charge in [-0.25, -0.2) is 0 Å². The molecule has 0 aromatic heterocycles. The molecule has 2 heterocycles. The van der Waals surface area contributed by atoms with Crippen LogP contribution in [0.15, 0.2) is 0 Å².